The van der Waals surface area contributed by atoms with E-state index in [4.69, 9.17) is 4.42 Å². The first-order chi connectivity index (χ1) is 11.0. The zero-order valence-electron chi connectivity index (χ0n) is 11.8. The van der Waals surface area contributed by atoms with E-state index in [9.17, 15) is 12.8 Å². The molecule has 0 aliphatic rings. The predicted molar refractivity (Wildman–Crippen MR) is 82.4 cm³/mol. The SMILES string of the molecule is O=S(=O)(Cc1ccccc1F)Nc1nnc(-c2ccccc2)o1. The van der Waals surface area contributed by atoms with E-state index in [0.29, 0.717) is 5.56 Å². The lowest BCUT2D eigenvalue weighted by Crippen LogP contribution is -2.16. The van der Waals surface area contributed by atoms with Gasteiger partial charge in [-0.05, 0) is 18.2 Å². The van der Waals surface area contributed by atoms with E-state index in [1.165, 1.54) is 18.2 Å². The molecule has 0 amide bonds. The molecular weight excluding hydrogens is 321 g/mol. The fraction of sp³-hybridized carbons (Fsp3) is 0.0667. The molecule has 0 radical (unpaired) electrons. The molecule has 0 bridgehead atoms. The maximum absolute atomic E-state index is 13.5. The summed E-state index contributed by atoms with van der Waals surface area (Å²) in [7, 11) is -3.87. The average molecular weight is 333 g/mol. The molecule has 2 aromatic carbocycles. The quantitative estimate of drug-likeness (QED) is 0.776. The zero-order chi connectivity index (χ0) is 16.3. The van der Waals surface area contributed by atoms with Gasteiger partial charge in [0.05, 0.1) is 5.75 Å². The predicted octanol–water partition coefficient (Wildman–Crippen LogP) is 2.82. The van der Waals surface area contributed by atoms with Crippen LogP contribution in [-0.2, 0) is 15.8 Å². The van der Waals surface area contributed by atoms with Crippen LogP contribution in [0.4, 0.5) is 10.4 Å². The van der Waals surface area contributed by atoms with Crippen LogP contribution in [0.15, 0.2) is 59.0 Å². The van der Waals surface area contributed by atoms with Gasteiger partial charge in [-0.3, -0.25) is 0 Å². The Morgan fingerprint density at radius 2 is 1.70 bits per heavy atom. The number of anilines is 1. The molecule has 0 aliphatic carbocycles. The van der Waals surface area contributed by atoms with Gasteiger partial charge >= 0.3 is 6.01 Å². The summed E-state index contributed by atoms with van der Waals surface area (Å²) < 4.78 is 45.1. The first-order valence-electron chi connectivity index (χ1n) is 6.66. The standard InChI is InChI=1S/C15H12FN3O3S/c16-13-9-5-4-8-12(13)10-23(20,21)19-15-18-17-14(22-15)11-6-2-1-3-7-11/h1-9H,10H2,(H,18,19). The first kappa shape index (κ1) is 15.2. The Balaban J connectivity index is 1.77. The number of nitrogens with zero attached hydrogens (tertiary/aromatic N) is 2. The molecule has 1 heterocycles. The summed E-state index contributed by atoms with van der Waals surface area (Å²) in [5, 5.41) is 7.42. The van der Waals surface area contributed by atoms with Gasteiger partial charge in [0.15, 0.2) is 0 Å². The lowest BCUT2D eigenvalue weighted by atomic mass is 10.2. The summed E-state index contributed by atoms with van der Waals surface area (Å²) in [6.07, 6.45) is 0. The molecule has 0 saturated heterocycles. The summed E-state index contributed by atoms with van der Waals surface area (Å²) in [6, 6.07) is 14.3. The maximum Gasteiger partial charge on any atom is 0.329 e. The van der Waals surface area contributed by atoms with Gasteiger partial charge in [-0.1, -0.05) is 41.5 Å². The van der Waals surface area contributed by atoms with Crippen molar-refractivity contribution >= 4 is 16.0 Å². The van der Waals surface area contributed by atoms with Crippen molar-refractivity contribution in [1.29, 1.82) is 0 Å². The monoisotopic (exact) mass is 333 g/mol. The average Bonchev–Trinajstić information content (AvgIpc) is 2.98. The van der Waals surface area contributed by atoms with Crippen LogP contribution in [0.2, 0.25) is 0 Å². The number of benzene rings is 2. The van der Waals surface area contributed by atoms with Crippen molar-refractivity contribution in [3.8, 4) is 11.5 Å². The minimum atomic E-state index is -3.87. The topological polar surface area (TPSA) is 85.1 Å². The molecular formula is C15H12FN3O3S. The van der Waals surface area contributed by atoms with Crippen molar-refractivity contribution in [2.24, 2.45) is 0 Å². The second-order valence-electron chi connectivity index (χ2n) is 4.73. The van der Waals surface area contributed by atoms with Crippen molar-refractivity contribution in [1.82, 2.24) is 10.2 Å². The van der Waals surface area contributed by atoms with Crippen LogP contribution in [0.3, 0.4) is 0 Å². The van der Waals surface area contributed by atoms with Crippen molar-refractivity contribution in [3.63, 3.8) is 0 Å². The minimum Gasteiger partial charge on any atom is -0.403 e. The number of rotatable bonds is 5. The number of nitrogens with one attached hydrogen (secondary N) is 1. The van der Waals surface area contributed by atoms with Crippen LogP contribution in [0, 0.1) is 5.82 Å². The van der Waals surface area contributed by atoms with E-state index in [0.717, 1.165) is 0 Å². The van der Waals surface area contributed by atoms with Gasteiger partial charge in [0.1, 0.15) is 5.82 Å². The van der Waals surface area contributed by atoms with Gasteiger partial charge in [-0.2, -0.15) is 0 Å². The van der Waals surface area contributed by atoms with Crippen molar-refractivity contribution in [3.05, 3.63) is 66.0 Å². The number of hydrogen-bond donors (Lipinski definition) is 1. The number of hydrogen-bond acceptors (Lipinski definition) is 5. The molecule has 1 N–H and O–H groups in total. The van der Waals surface area contributed by atoms with Gasteiger partial charge in [-0.25, -0.2) is 17.5 Å². The normalized spacial score (nSPS) is 11.3. The fourth-order valence-electron chi connectivity index (χ4n) is 1.95. The molecule has 0 atom stereocenters. The number of aromatic nitrogens is 2. The summed E-state index contributed by atoms with van der Waals surface area (Å²) in [5.74, 6) is -0.925. The van der Waals surface area contributed by atoms with E-state index in [2.05, 4.69) is 14.9 Å². The van der Waals surface area contributed by atoms with Crippen LogP contribution in [0.1, 0.15) is 5.56 Å². The van der Waals surface area contributed by atoms with Gasteiger partial charge < -0.3 is 4.42 Å². The van der Waals surface area contributed by atoms with E-state index < -0.39 is 21.6 Å². The largest absolute Gasteiger partial charge is 0.403 e. The van der Waals surface area contributed by atoms with E-state index in [1.807, 2.05) is 6.07 Å². The van der Waals surface area contributed by atoms with Gasteiger partial charge in [0.25, 0.3) is 0 Å². The van der Waals surface area contributed by atoms with Crippen LogP contribution in [-0.4, -0.2) is 18.6 Å². The van der Waals surface area contributed by atoms with E-state index >= 15 is 0 Å². The highest BCUT2D eigenvalue weighted by molar-refractivity contribution is 7.91. The van der Waals surface area contributed by atoms with E-state index in [-0.39, 0.29) is 17.5 Å². The van der Waals surface area contributed by atoms with Gasteiger partial charge in [0.2, 0.25) is 15.9 Å². The summed E-state index contributed by atoms with van der Waals surface area (Å²) in [4.78, 5) is 0. The summed E-state index contributed by atoms with van der Waals surface area (Å²) in [6.45, 7) is 0. The Kier molecular flexibility index (Phi) is 4.07. The highest BCUT2D eigenvalue weighted by Crippen LogP contribution is 2.20. The van der Waals surface area contributed by atoms with Crippen molar-refractivity contribution in [2.75, 3.05) is 4.72 Å². The molecule has 8 heteroatoms. The highest BCUT2D eigenvalue weighted by Gasteiger charge is 2.18. The maximum atomic E-state index is 13.5. The molecule has 0 spiro atoms. The second kappa shape index (κ2) is 6.17. The minimum absolute atomic E-state index is 0.0581. The Morgan fingerprint density at radius 1 is 1.00 bits per heavy atom. The Morgan fingerprint density at radius 3 is 2.43 bits per heavy atom. The molecule has 6 nitrogen and oxygen atoms in total. The lowest BCUT2D eigenvalue weighted by Gasteiger charge is -2.05. The number of sulfonamides is 1. The third-order valence-corrected chi connectivity index (χ3v) is 4.17. The second-order valence-corrected chi connectivity index (χ2v) is 6.45. The molecule has 1 aromatic heterocycles. The van der Waals surface area contributed by atoms with Gasteiger partial charge in [0, 0.05) is 11.1 Å². The van der Waals surface area contributed by atoms with Crippen LogP contribution in [0.5, 0.6) is 0 Å². The van der Waals surface area contributed by atoms with Crippen LogP contribution >= 0.6 is 0 Å². The molecule has 3 rings (SSSR count). The molecule has 0 aliphatic heterocycles. The smallest absolute Gasteiger partial charge is 0.329 e. The first-order valence-corrected chi connectivity index (χ1v) is 8.31. The highest BCUT2D eigenvalue weighted by atomic mass is 32.2. The van der Waals surface area contributed by atoms with Crippen molar-refractivity contribution < 1.29 is 17.2 Å². The summed E-state index contributed by atoms with van der Waals surface area (Å²) >= 11 is 0. The molecule has 23 heavy (non-hydrogen) atoms. The van der Waals surface area contributed by atoms with Crippen LogP contribution in [0.25, 0.3) is 11.5 Å². The number of halogens is 1. The molecule has 0 unspecified atom stereocenters. The third kappa shape index (κ3) is 3.72. The lowest BCUT2D eigenvalue weighted by molar-refractivity contribution is 0.574. The third-order valence-electron chi connectivity index (χ3n) is 2.99. The Labute approximate surface area is 132 Å². The Hall–Kier alpha value is -2.74. The molecule has 0 saturated carbocycles. The van der Waals surface area contributed by atoms with Crippen LogP contribution < -0.4 is 4.72 Å². The Bertz CT molecular complexity index is 910. The van der Waals surface area contributed by atoms with Crippen molar-refractivity contribution in [2.45, 2.75) is 5.75 Å². The fourth-order valence-corrected chi connectivity index (χ4v) is 3.02. The molecule has 118 valence electrons. The van der Waals surface area contributed by atoms with E-state index in [1.54, 1.807) is 30.3 Å². The van der Waals surface area contributed by atoms with Gasteiger partial charge in [-0.15, -0.1) is 5.10 Å². The molecule has 0 fully saturated rings. The zero-order valence-corrected chi connectivity index (χ0v) is 12.6. The molecule has 3 aromatic rings. The summed E-state index contributed by atoms with van der Waals surface area (Å²) in [5.41, 5.74) is 0.724.